The van der Waals surface area contributed by atoms with Crippen LogP contribution in [0.3, 0.4) is 0 Å². The minimum Gasteiger partial charge on any atom is -0.494 e. The second-order valence-electron chi connectivity index (χ2n) is 5.41. The highest BCUT2D eigenvalue weighted by Crippen LogP contribution is 2.37. The van der Waals surface area contributed by atoms with Gasteiger partial charge in [0.15, 0.2) is 0 Å². The van der Waals surface area contributed by atoms with E-state index in [1.165, 1.54) is 0 Å². The van der Waals surface area contributed by atoms with Crippen molar-refractivity contribution < 1.29 is 22.6 Å². The van der Waals surface area contributed by atoms with E-state index in [4.69, 9.17) is 9.47 Å². The number of aromatic nitrogens is 2. The fraction of sp³-hybridized carbons (Fsp3) is 0.158. The van der Waals surface area contributed by atoms with Gasteiger partial charge in [0.05, 0.1) is 6.61 Å². The highest BCUT2D eigenvalue weighted by Gasteiger charge is 2.36. The van der Waals surface area contributed by atoms with Crippen LogP contribution in [0.2, 0.25) is 0 Å². The second kappa shape index (κ2) is 7.94. The number of benzene rings is 2. The third-order valence-electron chi connectivity index (χ3n) is 3.44. The van der Waals surface area contributed by atoms with Crippen molar-refractivity contribution >= 4 is 11.6 Å². The summed E-state index contributed by atoms with van der Waals surface area (Å²) in [6.07, 6.45) is -3.94. The Morgan fingerprint density at radius 3 is 2.30 bits per heavy atom. The summed E-state index contributed by atoms with van der Waals surface area (Å²) >= 11 is 0. The normalized spacial score (nSPS) is 11.1. The van der Waals surface area contributed by atoms with Gasteiger partial charge >= 0.3 is 6.18 Å². The molecule has 0 spiro atoms. The van der Waals surface area contributed by atoms with Gasteiger partial charge in [0, 0.05) is 11.9 Å². The SMILES string of the molecule is CCOc1ccc(Nc2ncc(C(F)(F)F)c(Oc3ccccc3)n2)cc1. The van der Waals surface area contributed by atoms with Crippen LogP contribution in [-0.2, 0) is 6.18 Å². The molecule has 3 rings (SSSR count). The van der Waals surface area contributed by atoms with Crippen LogP contribution in [-0.4, -0.2) is 16.6 Å². The van der Waals surface area contributed by atoms with E-state index in [2.05, 4.69) is 15.3 Å². The molecule has 8 heteroatoms. The first-order chi connectivity index (χ1) is 13.0. The fourth-order valence-corrected chi connectivity index (χ4v) is 2.23. The fourth-order valence-electron chi connectivity index (χ4n) is 2.23. The number of hydrogen-bond donors (Lipinski definition) is 1. The van der Waals surface area contributed by atoms with Crippen molar-refractivity contribution in [3.8, 4) is 17.4 Å². The average Bonchev–Trinajstić information content (AvgIpc) is 2.64. The van der Waals surface area contributed by atoms with Gasteiger partial charge in [0.2, 0.25) is 11.8 Å². The first kappa shape index (κ1) is 18.5. The number of alkyl halides is 3. The maximum atomic E-state index is 13.2. The number of anilines is 2. The summed E-state index contributed by atoms with van der Waals surface area (Å²) in [7, 11) is 0. The molecule has 0 aliphatic heterocycles. The van der Waals surface area contributed by atoms with Gasteiger partial charge in [-0.05, 0) is 43.3 Å². The standard InChI is InChI=1S/C19H16F3N3O2/c1-2-26-14-10-8-13(9-11-14)24-18-23-12-16(19(20,21)22)17(25-18)27-15-6-4-3-5-7-15/h3-12H,2H2,1H3,(H,23,24,25). The highest BCUT2D eigenvalue weighted by atomic mass is 19.4. The van der Waals surface area contributed by atoms with Crippen molar-refractivity contribution in [2.45, 2.75) is 13.1 Å². The zero-order valence-corrected chi connectivity index (χ0v) is 14.3. The molecule has 5 nitrogen and oxygen atoms in total. The van der Waals surface area contributed by atoms with Crippen molar-refractivity contribution in [3.63, 3.8) is 0 Å². The molecule has 2 aromatic carbocycles. The van der Waals surface area contributed by atoms with Crippen LogP contribution in [0.4, 0.5) is 24.8 Å². The summed E-state index contributed by atoms with van der Waals surface area (Å²) < 4.78 is 50.4. The van der Waals surface area contributed by atoms with E-state index >= 15 is 0 Å². The smallest absolute Gasteiger partial charge is 0.423 e. The summed E-state index contributed by atoms with van der Waals surface area (Å²) in [5.74, 6) is 0.341. The monoisotopic (exact) mass is 375 g/mol. The van der Waals surface area contributed by atoms with Crippen molar-refractivity contribution in [2.24, 2.45) is 0 Å². The Balaban J connectivity index is 1.87. The van der Waals surface area contributed by atoms with E-state index in [9.17, 15) is 13.2 Å². The molecule has 0 unspecified atom stereocenters. The van der Waals surface area contributed by atoms with Crippen molar-refractivity contribution in [1.82, 2.24) is 9.97 Å². The Labute approximate surface area is 153 Å². The molecule has 0 radical (unpaired) electrons. The molecule has 0 bridgehead atoms. The molecule has 140 valence electrons. The van der Waals surface area contributed by atoms with Crippen LogP contribution in [0.25, 0.3) is 0 Å². The maximum absolute atomic E-state index is 13.2. The van der Waals surface area contributed by atoms with Crippen molar-refractivity contribution in [2.75, 3.05) is 11.9 Å². The lowest BCUT2D eigenvalue weighted by Gasteiger charge is -2.14. The van der Waals surface area contributed by atoms with Crippen molar-refractivity contribution in [1.29, 1.82) is 0 Å². The van der Waals surface area contributed by atoms with Crippen molar-refractivity contribution in [3.05, 3.63) is 66.4 Å². The number of halogens is 3. The van der Waals surface area contributed by atoms with Gasteiger partial charge in [0.25, 0.3) is 0 Å². The van der Waals surface area contributed by atoms with Crippen LogP contribution in [0, 0.1) is 0 Å². The van der Waals surface area contributed by atoms with Crippen LogP contribution in [0.5, 0.6) is 17.4 Å². The number of nitrogens with zero attached hydrogens (tertiary/aromatic N) is 2. The molecule has 0 aliphatic rings. The average molecular weight is 375 g/mol. The quantitative estimate of drug-likeness (QED) is 0.623. The number of ether oxygens (including phenoxy) is 2. The summed E-state index contributed by atoms with van der Waals surface area (Å²) in [6.45, 7) is 2.41. The Morgan fingerprint density at radius 1 is 0.963 bits per heavy atom. The topological polar surface area (TPSA) is 56.3 Å². The molecular weight excluding hydrogens is 359 g/mol. The molecule has 0 saturated heterocycles. The van der Waals surface area contributed by atoms with Gasteiger partial charge < -0.3 is 14.8 Å². The zero-order chi connectivity index (χ0) is 19.3. The Bertz CT molecular complexity index is 885. The zero-order valence-electron chi connectivity index (χ0n) is 14.3. The third-order valence-corrected chi connectivity index (χ3v) is 3.44. The highest BCUT2D eigenvalue weighted by molar-refractivity contribution is 5.55. The number of para-hydroxylation sites is 1. The largest absolute Gasteiger partial charge is 0.494 e. The Hall–Kier alpha value is -3.29. The molecule has 0 saturated carbocycles. The first-order valence-corrected chi connectivity index (χ1v) is 8.12. The van der Waals surface area contributed by atoms with Gasteiger partial charge in [-0.15, -0.1) is 0 Å². The first-order valence-electron chi connectivity index (χ1n) is 8.12. The van der Waals surface area contributed by atoms with Crippen LogP contribution < -0.4 is 14.8 Å². The predicted molar refractivity (Wildman–Crippen MR) is 94.4 cm³/mol. The van der Waals surface area contributed by atoms with E-state index < -0.39 is 17.6 Å². The van der Waals surface area contributed by atoms with Gasteiger partial charge in [-0.3, -0.25) is 0 Å². The molecule has 1 aromatic heterocycles. The van der Waals surface area contributed by atoms with E-state index in [0.717, 1.165) is 0 Å². The number of nitrogens with one attached hydrogen (secondary N) is 1. The summed E-state index contributed by atoms with van der Waals surface area (Å²) in [4.78, 5) is 7.64. The Kier molecular flexibility index (Phi) is 5.44. The molecule has 0 fully saturated rings. The van der Waals surface area contributed by atoms with Crippen LogP contribution in [0.15, 0.2) is 60.8 Å². The molecule has 1 heterocycles. The molecule has 27 heavy (non-hydrogen) atoms. The number of hydrogen-bond acceptors (Lipinski definition) is 5. The van der Waals surface area contributed by atoms with Gasteiger partial charge in [-0.2, -0.15) is 18.2 Å². The van der Waals surface area contributed by atoms with E-state index in [0.29, 0.717) is 24.2 Å². The summed E-state index contributed by atoms with van der Waals surface area (Å²) in [5.41, 5.74) is -0.451. The van der Waals surface area contributed by atoms with E-state index in [-0.39, 0.29) is 11.7 Å². The lowest BCUT2D eigenvalue weighted by molar-refractivity contribution is -0.139. The molecule has 3 aromatic rings. The minimum absolute atomic E-state index is 0.0157. The minimum atomic E-state index is -4.64. The van der Waals surface area contributed by atoms with E-state index in [1.54, 1.807) is 54.6 Å². The molecular formula is C19H16F3N3O2. The van der Waals surface area contributed by atoms with E-state index in [1.807, 2.05) is 6.92 Å². The van der Waals surface area contributed by atoms with Gasteiger partial charge in [-0.25, -0.2) is 4.98 Å². The molecule has 0 aliphatic carbocycles. The third kappa shape index (κ3) is 4.87. The summed E-state index contributed by atoms with van der Waals surface area (Å²) in [6, 6.07) is 15.0. The van der Waals surface area contributed by atoms with Crippen LogP contribution >= 0.6 is 0 Å². The molecule has 1 N–H and O–H groups in total. The van der Waals surface area contributed by atoms with Gasteiger partial charge in [0.1, 0.15) is 17.1 Å². The summed E-state index contributed by atoms with van der Waals surface area (Å²) in [5, 5.41) is 2.85. The lowest BCUT2D eigenvalue weighted by Crippen LogP contribution is -2.10. The maximum Gasteiger partial charge on any atom is 0.423 e. The molecule has 0 amide bonds. The van der Waals surface area contributed by atoms with Crippen LogP contribution in [0.1, 0.15) is 12.5 Å². The predicted octanol–water partition coefficient (Wildman–Crippen LogP) is 5.43. The molecule has 0 atom stereocenters. The second-order valence-corrected chi connectivity index (χ2v) is 5.41. The lowest BCUT2D eigenvalue weighted by atomic mass is 10.3. The Morgan fingerprint density at radius 2 is 1.67 bits per heavy atom. The number of rotatable bonds is 6. The van der Waals surface area contributed by atoms with Gasteiger partial charge in [-0.1, -0.05) is 18.2 Å².